The molecule has 0 heterocycles. The molecule has 1 nitrogen and oxygen atoms in total. The van der Waals surface area contributed by atoms with Gasteiger partial charge in [0, 0.05) is 6.04 Å². The molecule has 94 valence electrons. The van der Waals surface area contributed by atoms with Gasteiger partial charge in [-0.05, 0) is 60.3 Å². The SMILES string of the molecule is Cc1cc(C(C)(C)C)cc(C)c1C1CC(N)C1. The van der Waals surface area contributed by atoms with E-state index in [2.05, 4.69) is 46.8 Å². The highest BCUT2D eigenvalue weighted by molar-refractivity contribution is 5.43. The fraction of sp³-hybridized carbons (Fsp3) is 0.625. The van der Waals surface area contributed by atoms with Gasteiger partial charge in [0.1, 0.15) is 0 Å². The molecule has 1 fully saturated rings. The van der Waals surface area contributed by atoms with Crippen molar-refractivity contribution < 1.29 is 0 Å². The number of nitrogens with two attached hydrogens (primary N) is 1. The van der Waals surface area contributed by atoms with Crippen LogP contribution < -0.4 is 5.73 Å². The highest BCUT2D eigenvalue weighted by atomic mass is 14.7. The first-order valence-electron chi connectivity index (χ1n) is 6.66. The van der Waals surface area contributed by atoms with Gasteiger partial charge >= 0.3 is 0 Å². The van der Waals surface area contributed by atoms with Crippen LogP contribution in [0, 0.1) is 13.8 Å². The molecule has 0 bridgehead atoms. The van der Waals surface area contributed by atoms with Gasteiger partial charge in [-0.15, -0.1) is 0 Å². The second-order valence-corrected chi connectivity index (χ2v) is 6.70. The Labute approximate surface area is 105 Å². The van der Waals surface area contributed by atoms with Crippen molar-refractivity contribution in [2.75, 3.05) is 0 Å². The van der Waals surface area contributed by atoms with E-state index in [4.69, 9.17) is 5.73 Å². The molecule has 0 saturated heterocycles. The molecule has 0 amide bonds. The van der Waals surface area contributed by atoms with Crippen molar-refractivity contribution in [2.24, 2.45) is 5.73 Å². The molecule has 0 aromatic heterocycles. The summed E-state index contributed by atoms with van der Waals surface area (Å²) in [7, 11) is 0. The van der Waals surface area contributed by atoms with E-state index in [1.807, 2.05) is 0 Å². The van der Waals surface area contributed by atoms with Crippen molar-refractivity contribution >= 4 is 0 Å². The van der Waals surface area contributed by atoms with E-state index >= 15 is 0 Å². The second-order valence-electron chi connectivity index (χ2n) is 6.70. The zero-order valence-electron chi connectivity index (χ0n) is 11.8. The minimum atomic E-state index is 0.240. The van der Waals surface area contributed by atoms with E-state index in [-0.39, 0.29) is 5.41 Å². The first-order valence-corrected chi connectivity index (χ1v) is 6.66. The summed E-state index contributed by atoms with van der Waals surface area (Å²) in [4.78, 5) is 0. The summed E-state index contributed by atoms with van der Waals surface area (Å²) in [5, 5.41) is 0. The molecule has 1 aromatic carbocycles. The van der Waals surface area contributed by atoms with Gasteiger partial charge in [-0.2, -0.15) is 0 Å². The quantitative estimate of drug-likeness (QED) is 0.781. The lowest BCUT2D eigenvalue weighted by atomic mass is 9.72. The Morgan fingerprint density at radius 3 is 1.88 bits per heavy atom. The van der Waals surface area contributed by atoms with E-state index in [0.29, 0.717) is 12.0 Å². The topological polar surface area (TPSA) is 26.0 Å². The molecule has 0 atom stereocenters. The Morgan fingerprint density at radius 2 is 1.53 bits per heavy atom. The molecule has 0 radical (unpaired) electrons. The summed E-state index contributed by atoms with van der Waals surface area (Å²) in [5.41, 5.74) is 12.0. The minimum Gasteiger partial charge on any atom is -0.328 e. The van der Waals surface area contributed by atoms with Gasteiger partial charge in [0.15, 0.2) is 0 Å². The Kier molecular flexibility index (Phi) is 3.07. The van der Waals surface area contributed by atoms with Crippen molar-refractivity contribution in [1.29, 1.82) is 0 Å². The normalized spacial score (nSPS) is 24.6. The maximum Gasteiger partial charge on any atom is 0.00505 e. The molecule has 0 unspecified atom stereocenters. The van der Waals surface area contributed by atoms with Crippen LogP contribution in [0.15, 0.2) is 12.1 Å². The molecular formula is C16H25N. The number of aryl methyl sites for hydroxylation is 2. The standard InChI is InChI=1S/C16H25N/c1-10-6-13(16(3,4)5)7-11(2)15(10)12-8-14(17)9-12/h6-7,12,14H,8-9,17H2,1-5H3. The van der Waals surface area contributed by atoms with Gasteiger partial charge in [0.05, 0.1) is 0 Å². The Bertz CT molecular complexity index is 397. The van der Waals surface area contributed by atoms with Crippen LogP contribution in [0.1, 0.15) is 61.8 Å². The maximum absolute atomic E-state index is 5.91. The van der Waals surface area contributed by atoms with Gasteiger partial charge in [0.2, 0.25) is 0 Å². The Balaban J connectivity index is 2.36. The first-order chi connectivity index (χ1) is 7.79. The van der Waals surface area contributed by atoms with Crippen molar-refractivity contribution in [3.05, 3.63) is 34.4 Å². The molecule has 1 aliphatic rings. The molecule has 0 aliphatic heterocycles. The highest BCUT2D eigenvalue weighted by Crippen LogP contribution is 2.40. The molecular weight excluding hydrogens is 206 g/mol. The zero-order chi connectivity index (χ0) is 12.8. The largest absolute Gasteiger partial charge is 0.328 e. The van der Waals surface area contributed by atoms with Gasteiger partial charge in [0.25, 0.3) is 0 Å². The van der Waals surface area contributed by atoms with Crippen LogP contribution in [0.4, 0.5) is 0 Å². The molecule has 1 aliphatic carbocycles. The summed E-state index contributed by atoms with van der Waals surface area (Å²) in [6.07, 6.45) is 2.33. The van der Waals surface area contributed by atoms with Crippen LogP contribution in [-0.4, -0.2) is 6.04 Å². The van der Waals surface area contributed by atoms with Crippen molar-refractivity contribution in [3.63, 3.8) is 0 Å². The third-order valence-corrected chi connectivity index (χ3v) is 4.04. The monoisotopic (exact) mass is 231 g/mol. The predicted molar refractivity (Wildman–Crippen MR) is 74.6 cm³/mol. The minimum absolute atomic E-state index is 0.240. The van der Waals surface area contributed by atoms with Crippen LogP contribution in [-0.2, 0) is 5.41 Å². The van der Waals surface area contributed by atoms with E-state index in [9.17, 15) is 0 Å². The van der Waals surface area contributed by atoms with Gasteiger partial charge in [-0.1, -0.05) is 32.9 Å². The molecule has 2 N–H and O–H groups in total. The zero-order valence-corrected chi connectivity index (χ0v) is 11.8. The third-order valence-electron chi connectivity index (χ3n) is 4.04. The molecule has 1 heteroatoms. The molecule has 17 heavy (non-hydrogen) atoms. The predicted octanol–water partition coefficient (Wildman–Crippen LogP) is 3.81. The summed E-state index contributed by atoms with van der Waals surface area (Å²) in [5.74, 6) is 0.707. The summed E-state index contributed by atoms with van der Waals surface area (Å²) in [6, 6.07) is 5.17. The maximum atomic E-state index is 5.91. The van der Waals surface area contributed by atoms with E-state index in [1.165, 1.54) is 16.7 Å². The van der Waals surface area contributed by atoms with E-state index < -0.39 is 0 Å². The second kappa shape index (κ2) is 4.13. The third kappa shape index (κ3) is 2.40. The fourth-order valence-corrected chi connectivity index (χ4v) is 2.95. The average molecular weight is 231 g/mol. The summed E-state index contributed by atoms with van der Waals surface area (Å²) >= 11 is 0. The number of rotatable bonds is 1. The van der Waals surface area contributed by atoms with Crippen LogP contribution in [0.3, 0.4) is 0 Å². The lowest BCUT2D eigenvalue weighted by molar-refractivity contribution is 0.349. The summed E-state index contributed by atoms with van der Waals surface area (Å²) in [6.45, 7) is 11.3. The van der Waals surface area contributed by atoms with Crippen LogP contribution >= 0.6 is 0 Å². The van der Waals surface area contributed by atoms with Gasteiger partial charge in [-0.25, -0.2) is 0 Å². The van der Waals surface area contributed by atoms with Crippen molar-refractivity contribution in [3.8, 4) is 0 Å². The van der Waals surface area contributed by atoms with E-state index in [1.54, 1.807) is 5.56 Å². The lowest BCUT2D eigenvalue weighted by Crippen LogP contribution is -2.35. The number of hydrogen-bond donors (Lipinski definition) is 1. The van der Waals surface area contributed by atoms with Crippen molar-refractivity contribution in [2.45, 2.75) is 64.8 Å². The highest BCUT2D eigenvalue weighted by Gasteiger charge is 2.30. The Morgan fingerprint density at radius 1 is 1.06 bits per heavy atom. The average Bonchev–Trinajstić information content (AvgIpc) is 2.12. The first kappa shape index (κ1) is 12.6. The van der Waals surface area contributed by atoms with E-state index in [0.717, 1.165) is 12.8 Å². The van der Waals surface area contributed by atoms with Gasteiger partial charge < -0.3 is 5.73 Å². The van der Waals surface area contributed by atoms with Crippen LogP contribution in [0.25, 0.3) is 0 Å². The molecule has 1 aromatic rings. The van der Waals surface area contributed by atoms with Gasteiger partial charge in [-0.3, -0.25) is 0 Å². The number of hydrogen-bond acceptors (Lipinski definition) is 1. The van der Waals surface area contributed by atoms with Crippen LogP contribution in [0.2, 0.25) is 0 Å². The molecule has 1 saturated carbocycles. The van der Waals surface area contributed by atoms with Crippen molar-refractivity contribution in [1.82, 2.24) is 0 Å². The smallest absolute Gasteiger partial charge is 0.00505 e. The fourth-order valence-electron chi connectivity index (χ4n) is 2.95. The van der Waals surface area contributed by atoms with Crippen LogP contribution in [0.5, 0.6) is 0 Å². The lowest BCUT2D eigenvalue weighted by Gasteiger charge is -2.35. The Hall–Kier alpha value is -0.820. The summed E-state index contributed by atoms with van der Waals surface area (Å²) < 4.78 is 0. The molecule has 2 rings (SSSR count). The number of benzene rings is 1. The molecule has 0 spiro atoms.